The molecule has 1 aliphatic heterocycles. The van der Waals surface area contributed by atoms with Crippen molar-refractivity contribution in [1.82, 2.24) is 15.3 Å². The summed E-state index contributed by atoms with van der Waals surface area (Å²) in [4.78, 5) is 11.7. The van der Waals surface area contributed by atoms with Gasteiger partial charge in [-0.25, -0.2) is 9.97 Å². The quantitative estimate of drug-likeness (QED) is 0.902. The van der Waals surface area contributed by atoms with Crippen molar-refractivity contribution in [3.05, 3.63) is 17.5 Å². The van der Waals surface area contributed by atoms with Crippen molar-refractivity contribution in [3.8, 4) is 0 Å². The normalized spacial score (nSPS) is 23.7. The Hall–Kier alpha value is -1.16. The van der Waals surface area contributed by atoms with Gasteiger partial charge in [-0.05, 0) is 46.0 Å². The molecule has 4 heteroatoms. The van der Waals surface area contributed by atoms with E-state index in [9.17, 15) is 0 Å². The Bertz CT molecular complexity index is 442. The van der Waals surface area contributed by atoms with Gasteiger partial charge in [0.1, 0.15) is 0 Å². The van der Waals surface area contributed by atoms with Gasteiger partial charge in [0.25, 0.3) is 0 Å². The average Bonchev–Trinajstić information content (AvgIpc) is 3.22. The lowest BCUT2D eigenvalue weighted by Crippen LogP contribution is -2.38. The first-order valence-corrected chi connectivity index (χ1v) is 7.56. The maximum atomic E-state index is 4.72. The Labute approximate surface area is 115 Å². The molecule has 1 saturated heterocycles. The van der Waals surface area contributed by atoms with Crippen molar-refractivity contribution in [2.45, 2.75) is 64.6 Å². The Balaban J connectivity index is 1.70. The van der Waals surface area contributed by atoms with Crippen molar-refractivity contribution in [3.63, 3.8) is 0 Å². The SMILES string of the molecule is Cc1nc(N2CCCCC2C)ncc1CNC1CC1. The number of rotatable bonds is 4. The highest BCUT2D eigenvalue weighted by molar-refractivity contribution is 5.34. The van der Waals surface area contributed by atoms with Crippen LogP contribution >= 0.6 is 0 Å². The van der Waals surface area contributed by atoms with Gasteiger partial charge in [-0.15, -0.1) is 0 Å². The lowest BCUT2D eigenvalue weighted by Gasteiger charge is -2.33. The Morgan fingerprint density at radius 2 is 2.16 bits per heavy atom. The van der Waals surface area contributed by atoms with Crippen LogP contribution in [-0.4, -0.2) is 28.6 Å². The molecular weight excluding hydrogens is 236 g/mol. The molecule has 2 aliphatic rings. The molecule has 2 heterocycles. The zero-order valence-corrected chi connectivity index (χ0v) is 12.0. The Morgan fingerprint density at radius 3 is 2.84 bits per heavy atom. The molecule has 1 unspecified atom stereocenters. The smallest absolute Gasteiger partial charge is 0.225 e. The third kappa shape index (κ3) is 3.06. The van der Waals surface area contributed by atoms with E-state index in [0.29, 0.717) is 6.04 Å². The van der Waals surface area contributed by atoms with Gasteiger partial charge >= 0.3 is 0 Å². The van der Waals surface area contributed by atoms with E-state index in [0.717, 1.165) is 30.8 Å². The summed E-state index contributed by atoms with van der Waals surface area (Å²) in [5, 5.41) is 3.53. The van der Waals surface area contributed by atoms with Crippen LogP contribution in [0.15, 0.2) is 6.20 Å². The summed E-state index contributed by atoms with van der Waals surface area (Å²) >= 11 is 0. The van der Waals surface area contributed by atoms with Crippen LogP contribution < -0.4 is 10.2 Å². The number of nitrogens with one attached hydrogen (secondary N) is 1. The Kier molecular flexibility index (Phi) is 3.69. The minimum Gasteiger partial charge on any atom is -0.338 e. The molecule has 1 N–H and O–H groups in total. The number of aromatic nitrogens is 2. The highest BCUT2D eigenvalue weighted by Gasteiger charge is 2.22. The monoisotopic (exact) mass is 260 g/mol. The second-order valence-electron chi connectivity index (χ2n) is 5.97. The predicted octanol–water partition coefficient (Wildman–Crippen LogP) is 2.42. The maximum absolute atomic E-state index is 4.72. The number of anilines is 1. The minimum atomic E-state index is 0.573. The number of piperidine rings is 1. The van der Waals surface area contributed by atoms with Crippen molar-refractivity contribution in [2.75, 3.05) is 11.4 Å². The summed E-state index contributed by atoms with van der Waals surface area (Å²) in [6, 6.07) is 1.31. The summed E-state index contributed by atoms with van der Waals surface area (Å²) < 4.78 is 0. The lowest BCUT2D eigenvalue weighted by atomic mass is 10.0. The van der Waals surface area contributed by atoms with Gasteiger partial charge < -0.3 is 10.2 Å². The van der Waals surface area contributed by atoms with Gasteiger partial charge in [0, 0.05) is 42.6 Å². The van der Waals surface area contributed by atoms with Gasteiger partial charge in [-0.2, -0.15) is 0 Å². The van der Waals surface area contributed by atoms with Crippen LogP contribution in [0.5, 0.6) is 0 Å². The molecule has 4 nitrogen and oxygen atoms in total. The van der Waals surface area contributed by atoms with E-state index in [4.69, 9.17) is 4.98 Å². The molecule has 1 aromatic rings. The highest BCUT2D eigenvalue weighted by atomic mass is 15.3. The summed E-state index contributed by atoms with van der Waals surface area (Å²) in [5.74, 6) is 0.917. The first-order valence-electron chi connectivity index (χ1n) is 7.56. The van der Waals surface area contributed by atoms with Crippen molar-refractivity contribution in [1.29, 1.82) is 0 Å². The molecule has 3 rings (SSSR count). The minimum absolute atomic E-state index is 0.573. The lowest BCUT2D eigenvalue weighted by molar-refractivity contribution is 0.476. The molecule has 1 aliphatic carbocycles. The molecule has 0 bridgehead atoms. The van der Waals surface area contributed by atoms with E-state index in [1.54, 1.807) is 0 Å². The van der Waals surface area contributed by atoms with Crippen LogP contribution in [-0.2, 0) is 6.54 Å². The van der Waals surface area contributed by atoms with E-state index in [-0.39, 0.29) is 0 Å². The molecule has 1 saturated carbocycles. The van der Waals surface area contributed by atoms with Crippen LogP contribution in [0.3, 0.4) is 0 Å². The molecule has 2 fully saturated rings. The fourth-order valence-electron chi connectivity index (χ4n) is 2.73. The van der Waals surface area contributed by atoms with E-state index in [1.807, 2.05) is 6.20 Å². The number of hydrogen-bond donors (Lipinski definition) is 1. The second-order valence-corrected chi connectivity index (χ2v) is 5.97. The second kappa shape index (κ2) is 5.45. The highest BCUT2D eigenvalue weighted by Crippen LogP contribution is 2.23. The summed E-state index contributed by atoms with van der Waals surface area (Å²) in [6.45, 7) is 6.39. The standard InChI is InChI=1S/C15H24N4/c1-11-5-3-4-8-19(11)15-17-10-13(12(2)18-15)9-16-14-6-7-14/h10-11,14,16H,3-9H2,1-2H3. The van der Waals surface area contributed by atoms with Gasteiger partial charge in [0.05, 0.1) is 0 Å². The van der Waals surface area contributed by atoms with Crippen LogP contribution in [0.25, 0.3) is 0 Å². The van der Waals surface area contributed by atoms with Crippen molar-refractivity contribution < 1.29 is 0 Å². The van der Waals surface area contributed by atoms with E-state index in [1.165, 1.54) is 37.7 Å². The third-order valence-electron chi connectivity index (χ3n) is 4.29. The molecule has 0 spiro atoms. The first-order chi connectivity index (χ1) is 9.24. The molecular formula is C15H24N4. The summed E-state index contributed by atoms with van der Waals surface area (Å²) in [7, 11) is 0. The molecule has 0 aromatic carbocycles. The zero-order chi connectivity index (χ0) is 13.2. The van der Waals surface area contributed by atoms with Crippen LogP contribution in [0.2, 0.25) is 0 Å². The van der Waals surface area contributed by atoms with Gasteiger partial charge in [-0.1, -0.05) is 0 Å². The van der Waals surface area contributed by atoms with Crippen molar-refractivity contribution in [2.24, 2.45) is 0 Å². The van der Waals surface area contributed by atoms with Crippen molar-refractivity contribution >= 4 is 5.95 Å². The maximum Gasteiger partial charge on any atom is 0.225 e. The average molecular weight is 260 g/mol. The molecule has 1 aromatic heterocycles. The molecule has 0 amide bonds. The first kappa shape index (κ1) is 12.9. The zero-order valence-electron chi connectivity index (χ0n) is 12.0. The number of aryl methyl sites for hydroxylation is 1. The topological polar surface area (TPSA) is 41.1 Å². The summed E-state index contributed by atoms with van der Waals surface area (Å²) in [6.07, 6.45) is 8.51. The largest absolute Gasteiger partial charge is 0.338 e. The van der Waals surface area contributed by atoms with Crippen LogP contribution in [0.1, 0.15) is 50.3 Å². The number of nitrogens with zero attached hydrogens (tertiary/aromatic N) is 3. The Morgan fingerprint density at radius 1 is 1.32 bits per heavy atom. The van der Waals surface area contributed by atoms with E-state index < -0.39 is 0 Å². The number of hydrogen-bond acceptors (Lipinski definition) is 4. The van der Waals surface area contributed by atoms with Gasteiger partial charge in [-0.3, -0.25) is 0 Å². The van der Waals surface area contributed by atoms with Gasteiger partial charge in [0.15, 0.2) is 0 Å². The fourth-order valence-corrected chi connectivity index (χ4v) is 2.73. The molecule has 1 atom stereocenters. The van der Waals surface area contributed by atoms with Crippen LogP contribution in [0, 0.1) is 6.92 Å². The van der Waals surface area contributed by atoms with E-state index >= 15 is 0 Å². The third-order valence-corrected chi connectivity index (χ3v) is 4.29. The molecule has 0 radical (unpaired) electrons. The summed E-state index contributed by atoms with van der Waals surface area (Å²) in [5.41, 5.74) is 2.36. The van der Waals surface area contributed by atoms with E-state index in [2.05, 4.69) is 29.0 Å². The van der Waals surface area contributed by atoms with Gasteiger partial charge in [0.2, 0.25) is 5.95 Å². The molecule has 19 heavy (non-hydrogen) atoms. The fraction of sp³-hybridized carbons (Fsp3) is 0.733. The molecule has 104 valence electrons. The predicted molar refractivity (Wildman–Crippen MR) is 77.3 cm³/mol. The van der Waals surface area contributed by atoms with Crippen LogP contribution in [0.4, 0.5) is 5.95 Å².